The lowest BCUT2D eigenvalue weighted by atomic mass is 10.0. The number of ether oxygens (including phenoxy) is 1. The molecule has 0 aromatic heterocycles. The van der Waals surface area contributed by atoms with Gasteiger partial charge in [0.1, 0.15) is 6.04 Å². The number of benzene rings is 2. The number of nitrogens with zero attached hydrogens (tertiary/aromatic N) is 1. The maximum Gasteiger partial charge on any atom is 0.329 e. The number of aryl methyl sites for hydroxylation is 1. The van der Waals surface area contributed by atoms with E-state index in [-0.39, 0.29) is 12.3 Å². The fourth-order valence-corrected chi connectivity index (χ4v) is 7.31. The quantitative estimate of drug-likeness (QED) is 0.118. The predicted molar refractivity (Wildman–Crippen MR) is 166 cm³/mol. The summed E-state index contributed by atoms with van der Waals surface area (Å²) >= 11 is 8.46. The summed E-state index contributed by atoms with van der Waals surface area (Å²) in [6.45, 7) is 5.31. The minimum Gasteiger partial charge on any atom is -0.454 e. The number of imide groups is 1. The Morgan fingerprint density at radius 3 is 1.89 bits per heavy atom. The van der Waals surface area contributed by atoms with Crippen LogP contribution < -0.4 is 5.32 Å². The second kappa shape index (κ2) is 12.3. The summed E-state index contributed by atoms with van der Waals surface area (Å²) in [5.41, 5.74) is 2.37. The average molecular weight is 926 g/mol. The molecule has 0 saturated carbocycles. The Morgan fingerprint density at radius 1 is 0.914 bits per heavy atom. The van der Waals surface area contributed by atoms with Gasteiger partial charge in [-0.05, 0) is 127 Å². The van der Waals surface area contributed by atoms with Crippen molar-refractivity contribution in [3.8, 4) is 0 Å². The van der Waals surface area contributed by atoms with Gasteiger partial charge in [-0.3, -0.25) is 19.3 Å². The summed E-state index contributed by atoms with van der Waals surface area (Å²) in [6, 6.07) is 6.26. The third kappa shape index (κ3) is 6.30. The highest BCUT2D eigenvalue weighted by Gasteiger charge is 2.47. The third-order valence-corrected chi connectivity index (χ3v) is 12.8. The zero-order valence-electron chi connectivity index (χ0n) is 19.1. The maximum absolute atomic E-state index is 13.4. The van der Waals surface area contributed by atoms with E-state index in [0.717, 1.165) is 24.0 Å². The van der Waals surface area contributed by atoms with Crippen molar-refractivity contribution >= 4 is 120 Å². The SMILES string of the molecule is CCc1ccc(NC(=O)COC(=O)[C@@H](CC(C)C)N2C(=O)c3c(I)c(I)c(I)c(I)c3C2=O)cc1. The average Bonchev–Trinajstić information content (AvgIpc) is 3.08. The van der Waals surface area contributed by atoms with Crippen LogP contribution in [0.4, 0.5) is 5.69 Å². The second-order valence-electron chi connectivity index (χ2n) is 8.34. The normalized spacial score (nSPS) is 13.8. The molecule has 35 heavy (non-hydrogen) atoms. The summed E-state index contributed by atoms with van der Waals surface area (Å²) in [4.78, 5) is 53.3. The van der Waals surface area contributed by atoms with E-state index in [9.17, 15) is 19.2 Å². The van der Waals surface area contributed by atoms with E-state index in [0.29, 0.717) is 24.0 Å². The lowest BCUT2D eigenvalue weighted by Crippen LogP contribution is -2.47. The molecule has 2 aromatic carbocycles. The van der Waals surface area contributed by atoms with Gasteiger partial charge in [-0.1, -0.05) is 32.9 Å². The minimum atomic E-state index is -1.12. The van der Waals surface area contributed by atoms with Gasteiger partial charge in [0.25, 0.3) is 17.7 Å². The van der Waals surface area contributed by atoms with E-state index in [1.807, 2.05) is 32.9 Å². The second-order valence-corrected chi connectivity index (χ2v) is 12.7. The Hall–Kier alpha value is -0.560. The monoisotopic (exact) mass is 926 g/mol. The summed E-state index contributed by atoms with van der Waals surface area (Å²) in [5.74, 6) is -2.30. The topological polar surface area (TPSA) is 92.8 Å². The Labute approximate surface area is 258 Å². The standard InChI is InChI=1S/C24H22I4N2O5/c1-4-12-5-7-13(8-6-12)29-15(31)10-35-24(34)14(9-11(2)3)30-22(32)16-17(23(30)33)19(26)21(28)20(27)18(16)25/h5-8,11,14H,4,9-10H2,1-3H3,(H,29,31)/t14-/m1/s1. The summed E-state index contributed by atoms with van der Waals surface area (Å²) in [6.07, 6.45) is 1.11. The van der Waals surface area contributed by atoms with Gasteiger partial charge in [0, 0.05) is 20.0 Å². The molecule has 1 aliphatic rings. The first kappa shape index (κ1) is 29.0. The fraction of sp³-hybridized carbons (Fsp3) is 0.333. The van der Waals surface area contributed by atoms with Gasteiger partial charge < -0.3 is 10.1 Å². The molecule has 11 heteroatoms. The Morgan fingerprint density at radius 2 is 1.43 bits per heavy atom. The molecule has 2 aromatic rings. The Bertz CT molecular complexity index is 1150. The van der Waals surface area contributed by atoms with Crippen LogP contribution in [0, 0.1) is 20.2 Å². The van der Waals surface area contributed by atoms with Gasteiger partial charge in [0.2, 0.25) is 0 Å². The Balaban J connectivity index is 1.79. The van der Waals surface area contributed by atoms with E-state index in [1.165, 1.54) is 0 Å². The highest BCUT2D eigenvalue weighted by atomic mass is 127. The molecule has 3 rings (SSSR count). The number of carbonyl (C=O) groups excluding carboxylic acids is 4. The number of hydrogen-bond acceptors (Lipinski definition) is 5. The molecule has 0 bridgehead atoms. The summed E-state index contributed by atoms with van der Waals surface area (Å²) in [7, 11) is 0. The first-order valence-electron chi connectivity index (χ1n) is 10.8. The van der Waals surface area contributed by atoms with Crippen LogP contribution in [0.2, 0.25) is 0 Å². The molecular formula is C24H22I4N2O5. The molecule has 7 nitrogen and oxygen atoms in total. The van der Waals surface area contributed by atoms with Crippen molar-refractivity contribution in [2.75, 3.05) is 11.9 Å². The van der Waals surface area contributed by atoms with Crippen LogP contribution >= 0.6 is 90.4 Å². The molecule has 0 aliphatic carbocycles. The summed E-state index contributed by atoms with van der Waals surface area (Å²) < 4.78 is 8.45. The molecular weight excluding hydrogens is 904 g/mol. The van der Waals surface area contributed by atoms with Crippen LogP contribution in [0.1, 0.15) is 53.5 Å². The third-order valence-electron chi connectivity index (χ3n) is 5.40. The smallest absolute Gasteiger partial charge is 0.329 e. The van der Waals surface area contributed by atoms with Gasteiger partial charge >= 0.3 is 5.97 Å². The lowest BCUT2D eigenvalue weighted by molar-refractivity contribution is -0.151. The zero-order chi connectivity index (χ0) is 26.0. The van der Waals surface area contributed by atoms with Crippen molar-refractivity contribution < 1.29 is 23.9 Å². The van der Waals surface area contributed by atoms with Crippen molar-refractivity contribution in [1.82, 2.24) is 4.90 Å². The first-order chi connectivity index (χ1) is 16.5. The number of halogens is 4. The van der Waals surface area contributed by atoms with Crippen molar-refractivity contribution in [1.29, 1.82) is 0 Å². The van der Waals surface area contributed by atoms with Gasteiger partial charge in [-0.25, -0.2) is 4.79 Å². The van der Waals surface area contributed by atoms with Crippen molar-refractivity contribution in [2.45, 2.75) is 39.7 Å². The van der Waals surface area contributed by atoms with E-state index in [4.69, 9.17) is 4.74 Å². The molecule has 0 fully saturated rings. The largest absolute Gasteiger partial charge is 0.454 e. The van der Waals surface area contributed by atoms with Crippen LogP contribution in [0.5, 0.6) is 0 Å². The molecule has 0 spiro atoms. The van der Waals surface area contributed by atoms with Gasteiger partial charge in [-0.15, -0.1) is 0 Å². The zero-order valence-corrected chi connectivity index (χ0v) is 27.7. The molecule has 0 unspecified atom stereocenters. The molecule has 1 atom stereocenters. The van der Waals surface area contributed by atoms with Crippen molar-refractivity contribution in [2.24, 2.45) is 5.92 Å². The van der Waals surface area contributed by atoms with Gasteiger partial charge in [0.15, 0.2) is 6.61 Å². The number of fused-ring (bicyclic) bond motifs is 1. The van der Waals surface area contributed by atoms with Crippen LogP contribution in [0.25, 0.3) is 0 Å². The maximum atomic E-state index is 13.4. The van der Waals surface area contributed by atoms with Gasteiger partial charge in [0.05, 0.1) is 11.1 Å². The lowest BCUT2D eigenvalue weighted by Gasteiger charge is -2.26. The van der Waals surface area contributed by atoms with Crippen LogP contribution in [-0.2, 0) is 20.7 Å². The van der Waals surface area contributed by atoms with E-state index < -0.39 is 36.3 Å². The molecule has 1 heterocycles. The number of nitrogens with one attached hydrogen (secondary N) is 1. The Kier molecular flexibility index (Phi) is 10.2. The predicted octanol–water partition coefficient (Wildman–Crippen LogP) is 5.86. The number of hydrogen-bond donors (Lipinski definition) is 1. The first-order valence-corrected chi connectivity index (χ1v) is 15.1. The number of carbonyl (C=O) groups is 4. The number of anilines is 1. The van der Waals surface area contributed by atoms with Crippen LogP contribution in [0.3, 0.4) is 0 Å². The molecule has 0 radical (unpaired) electrons. The summed E-state index contributed by atoms with van der Waals surface area (Å²) in [5, 5.41) is 2.69. The number of esters is 1. The molecule has 3 amide bonds. The molecule has 186 valence electrons. The van der Waals surface area contributed by atoms with Crippen LogP contribution in [-0.4, -0.2) is 41.2 Å². The highest BCUT2D eigenvalue weighted by molar-refractivity contribution is 14.1. The van der Waals surface area contributed by atoms with Gasteiger partial charge in [-0.2, -0.15) is 0 Å². The van der Waals surface area contributed by atoms with E-state index in [1.54, 1.807) is 12.1 Å². The van der Waals surface area contributed by atoms with E-state index in [2.05, 4.69) is 95.7 Å². The van der Waals surface area contributed by atoms with E-state index >= 15 is 0 Å². The molecule has 0 saturated heterocycles. The molecule has 1 N–H and O–H groups in total. The van der Waals surface area contributed by atoms with Crippen molar-refractivity contribution in [3.05, 3.63) is 55.2 Å². The number of amides is 3. The minimum absolute atomic E-state index is 0.00110. The van der Waals surface area contributed by atoms with Crippen LogP contribution in [0.15, 0.2) is 24.3 Å². The molecule has 1 aliphatic heterocycles. The highest BCUT2D eigenvalue weighted by Crippen LogP contribution is 2.38. The fourth-order valence-electron chi connectivity index (χ4n) is 3.66. The van der Waals surface area contributed by atoms with Crippen molar-refractivity contribution in [3.63, 3.8) is 0 Å². The number of rotatable bonds is 8.